The van der Waals surface area contributed by atoms with Crippen LogP contribution >= 0.6 is 47.8 Å². The minimum atomic E-state index is 0.000625. The quantitative estimate of drug-likeness (QED) is 0.785. The average molecular weight is 386 g/mol. The highest BCUT2D eigenvalue weighted by Gasteiger charge is 2.04. The summed E-state index contributed by atoms with van der Waals surface area (Å²) in [6, 6.07) is 5.65. The Kier molecular flexibility index (Phi) is 5.12. The van der Waals surface area contributed by atoms with Crippen LogP contribution in [-0.2, 0) is 4.79 Å². The van der Waals surface area contributed by atoms with E-state index in [4.69, 9.17) is 0 Å². The zero-order valence-corrected chi connectivity index (χ0v) is 11.9. The van der Waals surface area contributed by atoms with E-state index in [0.717, 1.165) is 14.6 Å². The number of benzene rings is 1. The molecule has 0 unspecified atom stereocenters. The standard InChI is InChI=1S/C9H8Br3NO/c10-4-3-9(14)13-8-5-6(11)1-2-7(8)12/h1-2,5H,3-4H2,(H,13,14). The van der Waals surface area contributed by atoms with Gasteiger partial charge in [0.1, 0.15) is 0 Å². The molecule has 1 rings (SSSR count). The summed E-state index contributed by atoms with van der Waals surface area (Å²) in [5, 5.41) is 3.48. The first-order chi connectivity index (χ1) is 6.63. The smallest absolute Gasteiger partial charge is 0.225 e. The number of nitrogens with one attached hydrogen (secondary N) is 1. The molecule has 2 nitrogen and oxygen atoms in total. The summed E-state index contributed by atoms with van der Waals surface area (Å²) in [7, 11) is 0. The maximum absolute atomic E-state index is 11.3. The highest BCUT2D eigenvalue weighted by atomic mass is 79.9. The molecule has 0 saturated heterocycles. The van der Waals surface area contributed by atoms with Gasteiger partial charge >= 0.3 is 0 Å². The van der Waals surface area contributed by atoms with Crippen molar-refractivity contribution in [3.05, 3.63) is 27.1 Å². The molecule has 0 heterocycles. The zero-order valence-electron chi connectivity index (χ0n) is 7.19. The maximum Gasteiger partial charge on any atom is 0.225 e. The van der Waals surface area contributed by atoms with Crippen LogP contribution in [0.1, 0.15) is 6.42 Å². The third kappa shape index (κ3) is 3.71. The molecule has 5 heteroatoms. The van der Waals surface area contributed by atoms with Crippen molar-refractivity contribution >= 4 is 59.4 Å². The summed E-state index contributed by atoms with van der Waals surface area (Å²) in [6.07, 6.45) is 0.471. The average Bonchev–Trinajstić information content (AvgIpc) is 2.12. The highest BCUT2D eigenvalue weighted by Crippen LogP contribution is 2.26. The lowest BCUT2D eigenvalue weighted by molar-refractivity contribution is -0.115. The topological polar surface area (TPSA) is 29.1 Å². The summed E-state index contributed by atoms with van der Waals surface area (Å²) in [6.45, 7) is 0. The van der Waals surface area contributed by atoms with Crippen LogP contribution in [0, 0.1) is 0 Å². The summed E-state index contributed by atoms with van der Waals surface area (Å²) in [5.41, 5.74) is 0.783. The van der Waals surface area contributed by atoms with Gasteiger partial charge in [0.2, 0.25) is 5.91 Å². The van der Waals surface area contributed by atoms with Crippen LogP contribution in [0.15, 0.2) is 27.1 Å². The van der Waals surface area contributed by atoms with E-state index >= 15 is 0 Å². The van der Waals surface area contributed by atoms with Gasteiger partial charge < -0.3 is 5.32 Å². The van der Waals surface area contributed by atoms with E-state index in [1.54, 1.807) is 0 Å². The Bertz CT molecular complexity index is 341. The van der Waals surface area contributed by atoms with Crippen LogP contribution < -0.4 is 5.32 Å². The number of hydrogen-bond donors (Lipinski definition) is 1. The number of carbonyl (C=O) groups is 1. The second kappa shape index (κ2) is 5.88. The Hall–Kier alpha value is 0.130. The molecule has 0 aliphatic carbocycles. The van der Waals surface area contributed by atoms with Gasteiger partial charge in [-0.25, -0.2) is 0 Å². The lowest BCUT2D eigenvalue weighted by Crippen LogP contribution is -2.11. The molecule has 0 aromatic heterocycles. The van der Waals surface area contributed by atoms with Gasteiger partial charge in [0, 0.05) is 20.7 Å². The van der Waals surface area contributed by atoms with Crippen LogP contribution in [-0.4, -0.2) is 11.2 Å². The first-order valence-corrected chi connectivity index (χ1v) is 6.65. The summed E-state index contributed by atoms with van der Waals surface area (Å²) in [4.78, 5) is 11.3. The third-order valence-electron chi connectivity index (χ3n) is 1.52. The number of alkyl halides is 1. The number of rotatable bonds is 3. The zero-order chi connectivity index (χ0) is 10.6. The van der Waals surface area contributed by atoms with Gasteiger partial charge in [-0.15, -0.1) is 0 Å². The van der Waals surface area contributed by atoms with Gasteiger partial charge in [0.15, 0.2) is 0 Å². The Labute approximate surface area is 108 Å². The second-order valence-electron chi connectivity index (χ2n) is 2.61. The third-order valence-corrected chi connectivity index (χ3v) is 3.11. The van der Waals surface area contributed by atoms with Crippen molar-refractivity contribution in [1.82, 2.24) is 0 Å². The van der Waals surface area contributed by atoms with Gasteiger partial charge in [0.25, 0.3) is 0 Å². The fourth-order valence-corrected chi connectivity index (χ4v) is 1.96. The fourth-order valence-electron chi connectivity index (χ4n) is 0.892. The van der Waals surface area contributed by atoms with E-state index in [-0.39, 0.29) is 5.91 Å². The number of anilines is 1. The van der Waals surface area contributed by atoms with Crippen molar-refractivity contribution in [2.75, 3.05) is 10.6 Å². The summed E-state index contributed by atoms with van der Waals surface area (Å²) >= 11 is 9.92. The van der Waals surface area contributed by atoms with E-state index < -0.39 is 0 Å². The summed E-state index contributed by atoms with van der Waals surface area (Å²) < 4.78 is 1.82. The van der Waals surface area contributed by atoms with Crippen LogP contribution in [0.5, 0.6) is 0 Å². The predicted molar refractivity (Wildman–Crippen MR) is 68.9 cm³/mol. The number of amides is 1. The molecule has 1 amide bonds. The minimum Gasteiger partial charge on any atom is -0.325 e. The molecule has 1 aromatic carbocycles. The van der Waals surface area contributed by atoms with Crippen molar-refractivity contribution in [2.45, 2.75) is 6.42 Å². The van der Waals surface area contributed by atoms with Crippen molar-refractivity contribution < 1.29 is 4.79 Å². The molecule has 1 N–H and O–H groups in total. The van der Waals surface area contributed by atoms with Crippen molar-refractivity contribution in [3.63, 3.8) is 0 Å². The Balaban J connectivity index is 2.75. The number of halogens is 3. The molecule has 0 aliphatic heterocycles. The Morgan fingerprint density at radius 2 is 2.07 bits per heavy atom. The normalized spacial score (nSPS) is 9.93. The van der Waals surface area contributed by atoms with Crippen molar-refractivity contribution in [1.29, 1.82) is 0 Å². The molecule has 0 atom stereocenters. The first kappa shape index (κ1) is 12.2. The van der Waals surface area contributed by atoms with E-state index in [2.05, 4.69) is 53.1 Å². The molecule has 0 saturated carbocycles. The van der Waals surface area contributed by atoms with Gasteiger partial charge in [-0.05, 0) is 34.1 Å². The van der Waals surface area contributed by atoms with Crippen molar-refractivity contribution in [3.8, 4) is 0 Å². The van der Waals surface area contributed by atoms with Crippen LogP contribution in [0.4, 0.5) is 5.69 Å². The molecule has 0 aliphatic rings. The number of carbonyl (C=O) groups excluding carboxylic acids is 1. The fraction of sp³-hybridized carbons (Fsp3) is 0.222. The van der Waals surface area contributed by atoms with Gasteiger partial charge in [-0.3, -0.25) is 4.79 Å². The summed E-state index contributed by atoms with van der Waals surface area (Å²) in [5.74, 6) is 0.000625. The SMILES string of the molecule is O=C(CCBr)Nc1cc(Br)ccc1Br. The highest BCUT2D eigenvalue weighted by molar-refractivity contribution is 9.11. The molecule has 0 fully saturated rings. The monoisotopic (exact) mass is 383 g/mol. The minimum absolute atomic E-state index is 0.000625. The van der Waals surface area contributed by atoms with Crippen LogP contribution in [0.3, 0.4) is 0 Å². The van der Waals surface area contributed by atoms with Crippen LogP contribution in [0.25, 0.3) is 0 Å². The second-order valence-corrected chi connectivity index (χ2v) is 5.17. The van der Waals surface area contributed by atoms with E-state index in [1.165, 1.54) is 0 Å². The maximum atomic E-state index is 11.3. The van der Waals surface area contributed by atoms with E-state index in [9.17, 15) is 4.79 Å². The Morgan fingerprint density at radius 3 is 2.71 bits per heavy atom. The van der Waals surface area contributed by atoms with E-state index in [0.29, 0.717) is 11.8 Å². The first-order valence-electron chi connectivity index (χ1n) is 3.94. The lowest BCUT2D eigenvalue weighted by atomic mass is 10.3. The Morgan fingerprint density at radius 1 is 1.36 bits per heavy atom. The molecular formula is C9H8Br3NO. The molecule has 0 bridgehead atoms. The molecular weight excluding hydrogens is 378 g/mol. The largest absolute Gasteiger partial charge is 0.325 e. The lowest BCUT2D eigenvalue weighted by Gasteiger charge is -2.06. The molecule has 76 valence electrons. The predicted octanol–water partition coefficient (Wildman–Crippen LogP) is 3.94. The van der Waals surface area contributed by atoms with Crippen molar-refractivity contribution in [2.24, 2.45) is 0 Å². The molecule has 1 aromatic rings. The van der Waals surface area contributed by atoms with E-state index in [1.807, 2.05) is 18.2 Å². The molecule has 14 heavy (non-hydrogen) atoms. The van der Waals surface area contributed by atoms with Gasteiger partial charge in [-0.2, -0.15) is 0 Å². The molecule has 0 radical (unpaired) electrons. The number of hydrogen-bond acceptors (Lipinski definition) is 1. The van der Waals surface area contributed by atoms with Gasteiger partial charge in [-0.1, -0.05) is 31.9 Å². The molecule has 0 spiro atoms. The van der Waals surface area contributed by atoms with Gasteiger partial charge in [0.05, 0.1) is 5.69 Å². The van der Waals surface area contributed by atoms with Crippen LogP contribution in [0.2, 0.25) is 0 Å².